The van der Waals surface area contributed by atoms with Crippen molar-refractivity contribution < 1.29 is 14.3 Å². The van der Waals surface area contributed by atoms with Gasteiger partial charge < -0.3 is 5.11 Å². The molecule has 1 unspecified atom stereocenters. The van der Waals surface area contributed by atoms with Crippen LogP contribution in [0.1, 0.15) is 36.8 Å². The molecule has 0 bridgehead atoms. The highest BCUT2D eigenvalue weighted by molar-refractivity contribution is 5.76. The quantitative estimate of drug-likeness (QED) is 0.753. The lowest BCUT2D eigenvalue weighted by atomic mass is 9.93. The molecule has 0 radical (unpaired) electrons. The maximum atomic E-state index is 12.0. The van der Waals surface area contributed by atoms with Gasteiger partial charge in [0.25, 0.3) is 0 Å². The number of halogens is 1. The summed E-state index contributed by atoms with van der Waals surface area (Å²) in [5, 5.41) is 8.97. The Morgan fingerprint density at radius 1 is 1.38 bits per heavy atom. The van der Waals surface area contributed by atoms with E-state index in [1.807, 2.05) is 24.3 Å². The van der Waals surface area contributed by atoms with Crippen LogP contribution in [0.15, 0.2) is 24.3 Å². The van der Waals surface area contributed by atoms with Crippen molar-refractivity contribution >= 4 is 5.97 Å². The zero-order valence-electron chi connectivity index (χ0n) is 9.45. The minimum absolute atomic E-state index is 0.309. The molecule has 88 valence electrons. The lowest BCUT2D eigenvalue weighted by molar-refractivity contribution is -0.138. The number of aliphatic carboxylic acids is 1. The predicted octanol–water partition coefficient (Wildman–Crippen LogP) is 3.17. The Bertz CT molecular complexity index is 350. The molecule has 1 rings (SSSR count). The van der Waals surface area contributed by atoms with Crippen LogP contribution in [0, 0.1) is 0 Å². The van der Waals surface area contributed by atoms with Gasteiger partial charge in [0, 0.05) is 0 Å². The first-order valence-electron chi connectivity index (χ1n) is 5.53. The van der Waals surface area contributed by atoms with Crippen molar-refractivity contribution in [3.05, 3.63) is 35.4 Å². The highest BCUT2D eigenvalue weighted by atomic mass is 19.1. The van der Waals surface area contributed by atoms with Crippen molar-refractivity contribution in [2.24, 2.45) is 0 Å². The molecule has 0 aliphatic heterocycles. The van der Waals surface area contributed by atoms with E-state index in [2.05, 4.69) is 0 Å². The number of carboxylic acids is 1. The average Bonchev–Trinajstić information content (AvgIpc) is 2.29. The van der Waals surface area contributed by atoms with Crippen LogP contribution < -0.4 is 0 Å². The molecule has 2 nitrogen and oxygen atoms in total. The Hall–Kier alpha value is -1.38. The Kier molecular flexibility index (Phi) is 4.96. The minimum Gasteiger partial charge on any atom is -0.481 e. The number of unbranched alkanes of at least 4 members (excludes halogenated alkanes) is 1. The number of aryl methyl sites for hydroxylation is 1. The van der Waals surface area contributed by atoms with Gasteiger partial charge in [-0.25, -0.2) is 0 Å². The van der Waals surface area contributed by atoms with Crippen LogP contribution in [0.4, 0.5) is 4.39 Å². The molecular formula is C13H17FO2. The number of hydrogen-bond acceptors (Lipinski definition) is 1. The molecule has 0 aliphatic carbocycles. The summed E-state index contributed by atoms with van der Waals surface area (Å²) in [4.78, 5) is 10.9. The number of rotatable bonds is 6. The third kappa shape index (κ3) is 3.33. The Morgan fingerprint density at radius 3 is 2.69 bits per heavy atom. The van der Waals surface area contributed by atoms with E-state index in [1.54, 1.807) is 6.92 Å². The summed E-state index contributed by atoms with van der Waals surface area (Å²) in [6.45, 7) is 1.37. The van der Waals surface area contributed by atoms with Crippen LogP contribution in [0.5, 0.6) is 0 Å². The van der Waals surface area contributed by atoms with E-state index in [9.17, 15) is 9.18 Å². The summed E-state index contributed by atoms with van der Waals surface area (Å²) in [6, 6.07) is 7.49. The fourth-order valence-electron chi connectivity index (χ4n) is 1.73. The summed E-state index contributed by atoms with van der Waals surface area (Å²) in [7, 11) is 0. The number of benzene rings is 1. The Balaban J connectivity index is 2.79. The highest BCUT2D eigenvalue weighted by Gasteiger charge is 2.16. The van der Waals surface area contributed by atoms with Crippen molar-refractivity contribution in [2.45, 2.75) is 32.1 Å². The lowest BCUT2D eigenvalue weighted by Gasteiger charge is -2.12. The van der Waals surface area contributed by atoms with E-state index in [1.165, 1.54) is 0 Å². The van der Waals surface area contributed by atoms with Crippen LogP contribution in [0.2, 0.25) is 0 Å². The highest BCUT2D eigenvalue weighted by Crippen LogP contribution is 2.21. The smallest absolute Gasteiger partial charge is 0.310 e. The first kappa shape index (κ1) is 12.7. The summed E-state index contributed by atoms with van der Waals surface area (Å²) >= 11 is 0. The van der Waals surface area contributed by atoms with Crippen LogP contribution >= 0.6 is 0 Å². The molecule has 1 aromatic rings. The van der Waals surface area contributed by atoms with E-state index in [0.717, 1.165) is 24.0 Å². The van der Waals surface area contributed by atoms with Crippen LogP contribution in [0.3, 0.4) is 0 Å². The molecule has 16 heavy (non-hydrogen) atoms. The van der Waals surface area contributed by atoms with Gasteiger partial charge >= 0.3 is 5.97 Å². The number of alkyl halides is 1. The third-order valence-corrected chi connectivity index (χ3v) is 2.72. The zero-order valence-corrected chi connectivity index (χ0v) is 9.45. The summed E-state index contributed by atoms with van der Waals surface area (Å²) < 4.78 is 12.0. The van der Waals surface area contributed by atoms with Gasteiger partial charge in [-0.1, -0.05) is 24.3 Å². The van der Waals surface area contributed by atoms with Crippen LogP contribution in [-0.4, -0.2) is 17.8 Å². The molecule has 1 atom stereocenters. The molecule has 0 heterocycles. The standard InChI is InChI=1S/C13H17FO2/c1-10(13(15)16)12-8-3-2-6-11(12)7-4-5-9-14/h2-3,6,8,10H,4-5,7,9H2,1H3,(H,15,16). The number of carboxylic acid groups (broad SMARTS) is 1. The zero-order chi connectivity index (χ0) is 12.0. The summed E-state index contributed by atoms with van der Waals surface area (Å²) in [6.07, 6.45) is 2.05. The second-order valence-electron chi connectivity index (χ2n) is 3.90. The third-order valence-electron chi connectivity index (χ3n) is 2.72. The molecule has 1 aromatic carbocycles. The minimum atomic E-state index is -0.821. The fourth-order valence-corrected chi connectivity index (χ4v) is 1.73. The molecule has 0 spiro atoms. The first-order valence-corrected chi connectivity index (χ1v) is 5.53. The van der Waals surface area contributed by atoms with E-state index in [0.29, 0.717) is 6.42 Å². The predicted molar refractivity (Wildman–Crippen MR) is 61.4 cm³/mol. The molecule has 0 saturated heterocycles. The average molecular weight is 224 g/mol. The second-order valence-corrected chi connectivity index (χ2v) is 3.90. The van der Waals surface area contributed by atoms with Crippen LogP contribution in [0.25, 0.3) is 0 Å². The maximum absolute atomic E-state index is 12.0. The second kappa shape index (κ2) is 6.26. The van der Waals surface area contributed by atoms with Gasteiger partial charge in [0.15, 0.2) is 0 Å². The van der Waals surface area contributed by atoms with Gasteiger partial charge in [0.05, 0.1) is 12.6 Å². The Labute approximate surface area is 95.1 Å². The van der Waals surface area contributed by atoms with Gasteiger partial charge in [0.1, 0.15) is 0 Å². The van der Waals surface area contributed by atoms with Crippen molar-refractivity contribution in [3.8, 4) is 0 Å². The maximum Gasteiger partial charge on any atom is 0.310 e. The van der Waals surface area contributed by atoms with E-state index in [4.69, 9.17) is 5.11 Å². The molecule has 0 aromatic heterocycles. The van der Waals surface area contributed by atoms with Crippen molar-refractivity contribution in [3.63, 3.8) is 0 Å². The largest absolute Gasteiger partial charge is 0.481 e. The molecule has 0 aliphatic rings. The van der Waals surface area contributed by atoms with Gasteiger partial charge in [0.2, 0.25) is 0 Å². The van der Waals surface area contributed by atoms with E-state index < -0.39 is 11.9 Å². The van der Waals surface area contributed by atoms with E-state index >= 15 is 0 Å². The fraction of sp³-hybridized carbons (Fsp3) is 0.462. The summed E-state index contributed by atoms with van der Waals surface area (Å²) in [5.74, 6) is -1.32. The van der Waals surface area contributed by atoms with Crippen molar-refractivity contribution in [1.82, 2.24) is 0 Å². The van der Waals surface area contributed by atoms with Gasteiger partial charge in [-0.05, 0) is 37.3 Å². The lowest BCUT2D eigenvalue weighted by Crippen LogP contribution is -2.10. The first-order chi connectivity index (χ1) is 7.66. The molecule has 0 amide bonds. The van der Waals surface area contributed by atoms with Gasteiger partial charge in [-0.3, -0.25) is 9.18 Å². The normalized spacial score (nSPS) is 12.4. The molecular weight excluding hydrogens is 207 g/mol. The SMILES string of the molecule is CC(C(=O)O)c1ccccc1CCCCF. The monoisotopic (exact) mass is 224 g/mol. The van der Waals surface area contributed by atoms with Crippen molar-refractivity contribution in [2.75, 3.05) is 6.67 Å². The molecule has 3 heteroatoms. The van der Waals surface area contributed by atoms with Gasteiger partial charge in [-0.2, -0.15) is 0 Å². The Morgan fingerprint density at radius 2 is 2.06 bits per heavy atom. The number of hydrogen-bond donors (Lipinski definition) is 1. The van der Waals surface area contributed by atoms with Gasteiger partial charge in [-0.15, -0.1) is 0 Å². The van der Waals surface area contributed by atoms with E-state index in [-0.39, 0.29) is 6.67 Å². The number of carbonyl (C=O) groups is 1. The molecule has 0 saturated carbocycles. The topological polar surface area (TPSA) is 37.3 Å². The summed E-state index contributed by atoms with van der Waals surface area (Å²) in [5.41, 5.74) is 1.86. The van der Waals surface area contributed by atoms with Crippen LogP contribution in [-0.2, 0) is 11.2 Å². The van der Waals surface area contributed by atoms with Crippen molar-refractivity contribution in [1.29, 1.82) is 0 Å². The molecule has 1 N–H and O–H groups in total. The molecule has 0 fully saturated rings.